The van der Waals surface area contributed by atoms with Gasteiger partial charge in [0.05, 0.1) is 19.3 Å². The van der Waals surface area contributed by atoms with Gasteiger partial charge in [-0.05, 0) is 109 Å². The number of allylic oxidation sites excluding steroid dienone is 2. The Labute approximate surface area is 236 Å². The Bertz CT molecular complexity index is 1420. The van der Waals surface area contributed by atoms with Gasteiger partial charge >= 0.3 is 5.97 Å². The Balaban J connectivity index is 1.86. The number of aromatic carboxylic acids is 1. The van der Waals surface area contributed by atoms with Crippen LogP contribution in [0.4, 0.5) is 8.78 Å². The molecular weight excluding hydrogens is 506 g/mol. The summed E-state index contributed by atoms with van der Waals surface area (Å²) in [4.78, 5) is 11.7. The van der Waals surface area contributed by atoms with E-state index in [9.17, 15) is 18.7 Å². The van der Waals surface area contributed by atoms with Gasteiger partial charge in [0.15, 0.2) is 11.6 Å². The van der Waals surface area contributed by atoms with Crippen molar-refractivity contribution in [2.75, 3.05) is 13.8 Å². The largest absolute Gasteiger partial charge is 0.493 e. The van der Waals surface area contributed by atoms with Crippen molar-refractivity contribution in [3.63, 3.8) is 0 Å². The van der Waals surface area contributed by atoms with E-state index in [1.807, 2.05) is 13.0 Å². The van der Waals surface area contributed by atoms with Gasteiger partial charge in [-0.1, -0.05) is 61.4 Å². The van der Waals surface area contributed by atoms with Crippen LogP contribution in [0.1, 0.15) is 95.6 Å². The second-order valence-corrected chi connectivity index (χ2v) is 10.4. The molecule has 210 valence electrons. The number of halogens is 2. The highest BCUT2D eigenvalue weighted by Gasteiger charge is 2.25. The lowest BCUT2D eigenvalue weighted by Gasteiger charge is -2.20. The first-order chi connectivity index (χ1) is 19.4. The molecule has 0 saturated heterocycles. The topological polar surface area (TPSA) is 46.5 Å². The summed E-state index contributed by atoms with van der Waals surface area (Å²) in [6.45, 7) is 3.86. The van der Waals surface area contributed by atoms with E-state index in [0.29, 0.717) is 12.8 Å². The lowest BCUT2D eigenvalue weighted by Crippen LogP contribution is -2.03. The van der Waals surface area contributed by atoms with Crippen LogP contribution in [0.3, 0.4) is 0 Å². The van der Waals surface area contributed by atoms with Crippen LogP contribution in [0.25, 0.3) is 17.2 Å². The van der Waals surface area contributed by atoms with E-state index in [1.54, 1.807) is 18.2 Å². The molecule has 1 aliphatic rings. The van der Waals surface area contributed by atoms with Crippen molar-refractivity contribution in [1.29, 1.82) is 0 Å². The number of methoxy groups -OCH3 is 1. The first-order valence-electron chi connectivity index (χ1n) is 14.2. The van der Waals surface area contributed by atoms with Gasteiger partial charge in [0.2, 0.25) is 0 Å². The second-order valence-electron chi connectivity index (χ2n) is 10.4. The molecular formula is C35H38F2O3. The van der Waals surface area contributed by atoms with Gasteiger partial charge in [-0.3, -0.25) is 4.39 Å². The Hall–Kier alpha value is -3.73. The smallest absolute Gasteiger partial charge is 0.335 e. The van der Waals surface area contributed by atoms with Crippen LogP contribution < -0.4 is 4.74 Å². The number of rotatable bonds is 11. The molecule has 5 heteroatoms. The SMILES string of the molecule is CC/C(=C/c1ccc(C2=C(c3c(C)ccc(F)c3OC)CCCc3cc(C(=O)O)ccc32)cc1)CCCCCF. The average Bonchev–Trinajstić information content (AvgIpc) is 3.15. The number of hydrogen-bond donors (Lipinski definition) is 1. The molecule has 4 rings (SSSR count). The summed E-state index contributed by atoms with van der Waals surface area (Å²) in [5.41, 5.74) is 9.31. The molecule has 3 nitrogen and oxygen atoms in total. The van der Waals surface area contributed by atoms with Gasteiger partial charge in [0, 0.05) is 5.56 Å². The molecule has 0 unspecified atom stereocenters. The number of aryl methyl sites for hydroxylation is 2. The van der Waals surface area contributed by atoms with Crippen molar-refractivity contribution in [2.45, 2.75) is 65.2 Å². The van der Waals surface area contributed by atoms with Crippen LogP contribution in [-0.4, -0.2) is 24.9 Å². The molecule has 3 aromatic rings. The number of fused-ring (bicyclic) bond motifs is 1. The van der Waals surface area contributed by atoms with Gasteiger partial charge in [0.1, 0.15) is 0 Å². The van der Waals surface area contributed by atoms with Crippen molar-refractivity contribution in [3.05, 3.63) is 105 Å². The highest BCUT2D eigenvalue weighted by Crippen LogP contribution is 2.44. The molecule has 0 radical (unpaired) electrons. The Kier molecular flexibility index (Phi) is 9.92. The lowest BCUT2D eigenvalue weighted by molar-refractivity contribution is 0.0696. The molecule has 0 bridgehead atoms. The van der Waals surface area contributed by atoms with E-state index in [4.69, 9.17) is 4.74 Å². The lowest BCUT2D eigenvalue weighted by atomic mass is 9.85. The number of hydrogen-bond acceptors (Lipinski definition) is 2. The summed E-state index contributed by atoms with van der Waals surface area (Å²) in [6, 6.07) is 16.9. The van der Waals surface area contributed by atoms with Crippen LogP contribution >= 0.6 is 0 Å². The second kappa shape index (κ2) is 13.6. The normalized spacial score (nSPS) is 13.7. The number of carboxylic acids is 1. The summed E-state index contributed by atoms with van der Waals surface area (Å²) < 4.78 is 33.0. The van der Waals surface area contributed by atoms with Gasteiger partial charge in [-0.2, -0.15) is 0 Å². The molecule has 0 aliphatic heterocycles. The summed E-state index contributed by atoms with van der Waals surface area (Å²) >= 11 is 0. The van der Waals surface area contributed by atoms with Gasteiger partial charge in [-0.15, -0.1) is 0 Å². The molecule has 0 fully saturated rings. The highest BCUT2D eigenvalue weighted by molar-refractivity contribution is 6.02. The molecule has 3 aromatic carbocycles. The zero-order chi connectivity index (χ0) is 28.6. The fourth-order valence-electron chi connectivity index (χ4n) is 5.69. The van der Waals surface area contributed by atoms with Crippen LogP contribution in [0.2, 0.25) is 0 Å². The molecule has 40 heavy (non-hydrogen) atoms. The van der Waals surface area contributed by atoms with Gasteiger partial charge < -0.3 is 9.84 Å². The van der Waals surface area contributed by atoms with Gasteiger partial charge in [-0.25, -0.2) is 9.18 Å². The number of carboxylic acid groups (broad SMARTS) is 1. The maximum atomic E-state index is 15.0. The van der Waals surface area contributed by atoms with E-state index in [2.05, 4.69) is 37.3 Å². The Morgan fingerprint density at radius 2 is 1.80 bits per heavy atom. The minimum atomic E-state index is -0.951. The molecule has 0 heterocycles. The molecule has 0 saturated carbocycles. The number of unbranched alkanes of at least 4 members (excludes halogenated alkanes) is 2. The zero-order valence-electron chi connectivity index (χ0n) is 23.7. The Morgan fingerprint density at radius 1 is 1.02 bits per heavy atom. The van der Waals surface area contributed by atoms with Crippen molar-refractivity contribution in [1.82, 2.24) is 0 Å². The quantitative estimate of drug-likeness (QED) is 0.245. The van der Waals surface area contributed by atoms with E-state index >= 15 is 0 Å². The van der Waals surface area contributed by atoms with Crippen molar-refractivity contribution < 1.29 is 23.4 Å². The molecule has 0 aromatic heterocycles. The summed E-state index contributed by atoms with van der Waals surface area (Å²) in [6.07, 6.45) is 8.87. The van der Waals surface area contributed by atoms with Crippen molar-refractivity contribution in [2.24, 2.45) is 0 Å². The molecule has 1 N–H and O–H groups in total. The number of carbonyl (C=O) groups is 1. The highest BCUT2D eigenvalue weighted by atomic mass is 19.1. The fraction of sp³-hybridized carbons (Fsp3) is 0.343. The zero-order valence-corrected chi connectivity index (χ0v) is 23.7. The van der Waals surface area contributed by atoms with E-state index < -0.39 is 11.8 Å². The summed E-state index contributed by atoms with van der Waals surface area (Å²) in [7, 11) is 1.50. The minimum Gasteiger partial charge on any atom is -0.493 e. The average molecular weight is 545 g/mol. The van der Waals surface area contributed by atoms with Crippen molar-refractivity contribution in [3.8, 4) is 5.75 Å². The monoisotopic (exact) mass is 544 g/mol. The number of benzene rings is 3. The fourth-order valence-corrected chi connectivity index (χ4v) is 5.69. The van der Waals surface area contributed by atoms with Crippen LogP contribution in [-0.2, 0) is 6.42 Å². The summed E-state index contributed by atoms with van der Waals surface area (Å²) in [5.74, 6) is -1.12. The number of ether oxygens (including phenoxy) is 1. The standard InChI is InChI=1S/C35H38F2O3/c1-4-24(9-6-5-7-20-36)21-25-13-15-26(16-14-25)33-29-18-17-28(35(38)39)22-27(29)10-8-11-30(33)32-23(2)12-19-31(37)34(32)40-3/h12-19,21-22H,4-11,20H2,1-3H3,(H,38,39)/b24-21-. The third-order valence-corrected chi connectivity index (χ3v) is 7.78. The van der Waals surface area contributed by atoms with Gasteiger partial charge in [0.25, 0.3) is 0 Å². The third-order valence-electron chi connectivity index (χ3n) is 7.78. The van der Waals surface area contributed by atoms with Crippen LogP contribution in [0.5, 0.6) is 5.75 Å². The summed E-state index contributed by atoms with van der Waals surface area (Å²) in [5, 5.41) is 9.62. The first-order valence-corrected chi connectivity index (χ1v) is 14.2. The third kappa shape index (κ3) is 6.52. The first kappa shape index (κ1) is 29.3. The van der Waals surface area contributed by atoms with Crippen LogP contribution in [0.15, 0.2) is 60.2 Å². The van der Waals surface area contributed by atoms with E-state index in [-0.39, 0.29) is 18.0 Å². The minimum absolute atomic E-state index is 0.234. The molecule has 0 atom stereocenters. The predicted octanol–water partition coefficient (Wildman–Crippen LogP) is 9.46. The van der Waals surface area contributed by atoms with Crippen LogP contribution in [0, 0.1) is 12.7 Å². The van der Waals surface area contributed by atoms with E-state index in [0.717, 1.165) is 83.1 Å². The Morgan fingerprint density at radius 3 is 2.48 bits per heavy atom. The molecule has 0 amide bonds. The van der Waals surface area contributed by atoms with E-state index in [1.165, 1.54) is 18.7 Å². The molecule has 0 spiro atoms. The number of alkyl halides is 1. The molecule has 1 aliphatic carbocycles. The predicted molar refractivity (Wildman–Crippen MR) is 159 cm³/mol. The van der Waals surface area contributed by atoms with Crippen molar-refractivity contribution >= 4 is 23.2 Å². The maximum absolute atomic E-state index is 15.0. The maximum Gasteiger partial charge on any atom is 0.335 e.